The number of rotatable bonds is 5. The largest absolute Gasteiger partial charge is 0.263 e. The molecule has 8 nitrogen and oxygen atoms in total. The first-order valence-electron chi connectivity index (χ1n) is 12.4. The molecule has 2 atom stereocenters. The van der Waals surface area contributed by atoms with E-state index in [1.807, 2.05) is 26.8 Å². The first-order valence-corrected chi connectivity index (χ1v) is 14.3. The molecule has 0 amide bonds. The van der Waals surface area contributed by atoms with Gasteiger partial charge in [-0.05, 0) is 67.5 Å². The summed E-state index contributed by atoms with van der Waals surface area (Å²) in [6.07, 6.45) is 2.57. The number of halogens is 2. The molecule has 0 fully saturated rings. The highest BCUT2D eigenvalue weighted by Gasteiger charge is 2.46. The Balaban J connectivity index is 1.65. The van der Waals surface area contributed by atoms with Crippen molar-refractivity contribution in [3.63, 3.8) is 0 Å². The number of hydrogen-bond acceptors (Lipinski definition) is 7. The molecule has 3 heterocycles. The smallest absolute Gasteiger partial charge is 0.192 e. The molecular formula is C27H28F2N6O2S. The standard InChI is InChI=1S/C27H28F2N6O2S/c1-14(2)27(22-7-6-8-23(31-22)38(5,36)37)10-9-15(3)18-13-21(33-34-25(18)27)24-19(28)11-17(12-20(24)29)26-30-16(4)32-35-26/h6-8,11-15H,9-10H2,1-5H3,(H,30,32,35)/t15-,27?/m0/s1. The van der Waals surface area contributed by atoms with Gasteiger partial charge in [-0.1, -0.05) is 26.8 Å². The molecule has 1 aliphatic rings. The van der Waals surface area contributed by atoms with Crippen LogP contribution in [0.3, 0.4) is 0 Å². The number of sulfone groups is 1. The van der Waals surface area contributed by atoms with Gasteiger partial charge in [-0.3, -0.25) is 5.10 Å². The zero-order valence-corrected chi connectivity index (χ0v) is 22.6. The summed E-state index contributed by atoms with van der Waals surface area (Å²) in [5, 5.41) is 15.5. The summed E-state index contributed by atoms with van der Waals surface area (Å²) in [7, 11) is -3.52. The molecule has 0 bridgehead atoms. The van der Waals surface area contributed by atoms with Crippen LogP contribution in [0, 0.1) is 24.5 Å². The summed E-state index contributed by atoms with van der Waals surface area (Å²) in [4.78, 5) is 8.69. The summed E-state index contributed by atoms with van der Waals surface area (Å²) < 4.78 is 55.1. The lowest BCUT2D eigenvalue weighted by Crippen LogP contribution is -2.40. The molecule has 3 aromatic heterocycles. The van der Waals surface area contributed by atoms with Crippen molar-refractivity contribution in [1.82, 2.24) is 30.4 Å². The molecule has 5 rings (SSSR count). The zero-order chi connectivity index (χ0) is 27.4. The fraction of sp³-hybridized carbons (Fsp3) is 0.370. The Bertz CT molecular complexity index is 1630. The molecule has 0 aliphatic heterocycles. The Morgan fingerprint density at radius 1 is 1.08 bits per heavy atom. The van der Waals surface area contributed by atoms with Crippen LogP contribution in [0.15, 0.2) is 41.4 Å². The van der Waals surface area contributed by atoms with Gasteiger partial charge >= 0.3 is 0 Å². The summed E-state index contributed by atoms with van der Waals surface area (Å²) in [5.74, 6) is -0.817. The predicted octanol–water partition coefficient (Wildman–Crippen LogP) is 5.15. The van der Waals surface area contributed by atoms with E-state index in [-0.39, 0.29) is 39.5 Å². The van der Waals surface area contributed by atoms with Crippen molar-refractivity contribution in [1.29, 1.82) is 0 Å². The zero-order valence-electron chi connectivity index (χ0n) is 21.7. The summed E-state index contributed by atoms with van der Waals surface area (Å²) in [6, 6.07) is 9.04. The van der Waals surface area contributed by atoms with Crippen LogP contribution < -0.4 is 0 Å². The lowest BCUT2D eigenvalue weighted by atomic mass is 9.62. The Hall–Kier alpha value is -3.60. The molecule has 11 heteroatoms. The number of hydrogen-bond donors (Lipinski definition) is 1. The van der Waals surface area contributed by atoms with Crippen LogP contribution in [0.5, 0.6) is 0 Å². The molecule has 4 aromatic rings. The molecule has 0 radical (unpaired) electrons. The topological polar surface area (TPSA) is 114 Å². The monoisotopic (exact) mass is 538 g/mol. The van der Waals surface area contributed by atoms with E-state index in [1.54, 1.807) is 19.1 Å². The molecule has 38 heavy (non-hydrogen) atoms. The van der Waals surface area contributed by atoms with Crippen LogP contribution in [0.1, 0.15) is 62.3 Å². The van der Waals surface area contributed by atoms with Gasteiger partial charge in [0.25, 0.3) is 0 Å². The highest BCUT2D eigenvalue weighted by Crippen LogP contribution is 2.50. The highest BCUT2D eigenvalue weighted by atomic mass is 32.2. The van der Waals surface area contributed by atoms with Crippen LogP contribution >= 0.6 is 0 Å². The summed E-state index contributed by atoms with van der Waals surface area (Å²) in [5.41, 5.74) is 1.37. The van der Waals surface area contributed by atoms with Crippen molar-refractivity contribution in [2.45, 2.75) is 56.9 Å². The molecule has 0 saturated carbocycles. The van der Waals surface area contributed by atoms with E-state index in [1.165, 1.54) is 18.2 Å². The Morgan fingerprint density at radius 2 is 1.79 bits per heavy atom. The van der Waals surface area contributed by atoms with Crippen LogP contribution in [0.2, 0.25) is 0 Å². The van der Waals surface area contributed by atoms with E-state index in [4.69, 9.17) is 0 Å². The third kappa shape index (κ3) is 4.28. The van der Waals surface area contributed by atoms with Crippen molar-refractivity contribution in [2.24, 2.45) is 5.92 Å². The third-order valence-corrected chi connectivity index (χ3v) is 8.44. The van der Waals surface area contributed by atoms with E-state index in [0.717, 1.165) is 18.2 Å². The minimum Gasteiger partial charge on any atom is -0.263 e. The first-order chi connectivity index (χ1) is 17.9. The predicted molar refractivity (Wildman–Crippen MR) is 138 cm³/mol. The number of nitrogens with one attached hydrogen (secondary N) is 1. The molecule has 1 unspecified atom stereocenters. The fourth-order valence-electron chi connectivity index (χ4n) is 5.36. The quantitative estimate of drug-likeness (QED) is 0.374. The van der Waals surface area contributed by atoms with Crippen molar-refractivity contribution < 1.29 is 17.2 Å². The molecule has 1 aromatic carbocycles. The normalized spacial score (nSPS) is 19.5. The van der Waals surface area contributed by atoms with Gasteiger partial charge in [0.05, 0.1) is 28.1 Å². The molecule has 1 aliphatic carbocycles. The van der Waals surface area contributed by atoms with Gasteiger partial charge < -0.3 is 0 Å². The summed E-state index contributed by atoms with van der Waals surface area (Å²) >= 11 is 0. The van der Waals surface area contributed by atoms with Gasteiger partial charge in [0, 0.05) is 11.8 Å². The second-order valence-corrected chi connectivity index (χ2v) is 12.3. The van der Waals surface area contributed by atoms with Gasteiger partial charge in [0.15, 0.2) is 20.7 Å². The minimum atomic E-state index is -3.52. The molecule has 0 spiro atoms. The maximum Gasteiger partial charge on any atom is 0.192 e. The van der Waals surface area contributed by atoms with E-state index >= 15 is 8.78 Å². The maximum atomic E-state index is 15.3. The van der Waals surface area contributed by atoms with E-state index in [0.29, 0.717) is 23.6 Å². The van der Waals surface area contributed by atoms with Crippen molar-refractivity contribution in [2.75, 3.05) is 6.26 Å². The lowest BCUT2D eigenvalue weighted by Gasteiger charge is -2.42. The number of aryl methyl sites for hydroxylation is 1. The van der Waals surface area contributed by atoms with Crippen molar-refractivity contribution >= 4 is 9.84 Å². The Kier molecular flexibility index (Phi) is 6.37. The Morgan fingerprint density at radius 3 is 2.39 bits per heavy atom. The maximum absolute atomic E-state index is 15.3. The number of fused-ring (bicyclic) bond motifs is 1. The van der Waals surface area contributed by atoms with Crippen LogP contribution in [-0.2, 0) is 15.3 Å². The second-order valence-electron chi connectivity index (χ2n) is 10.3. The van der Waals surface area contributed by atoms with Crippen LogP contribution in [0.25, 0.3) is 22.6 Å². The molecule has 198 valence electrons. The third-order valence-electron chi connectivity index (χ3n) is 7.45. The second kappa shape index (κ2) is 9.30. The highest BCUT2D eigenvalue weighted by molar-refractivity contribution is 7.90. The van der Waals surface area contributed by atoms with Crippen molar-refractivity contribution in [3.8, 4) is 22.6 Å². The lowest BCUT2D eigenvalue weighted by molar-refractivity contribution is 0.285. The molecular weight excluding hydrogens is 510 g/mol. The SMILES string of the molecule is Cc1nc(-c2cc(F)c(-c3cc4c(nn3)C(c3cccc(S(C)(=O)=O)n3)(C(C)C)CC[C@@H]4C)c(F)c2)n[nH]1. The number of H-pyrrole nitrogens is 1. The molecule has 1 N–H and O–H groups in total. The average molecular weight is 539 g/mol. The fourth-order valence-corrected chi connectivity index (χ4v) is 5.95. The average Bonchev–Trinajstić information content (AvgIpc) is 3.30. The number of aromatic amines is 1. The number of benzene rings is 1. The Labute approximate surface area is 219 Å². The number of pyridine rings is 1. The van der Waals surface area contributed by atoms with Gasteiger partial charge in [0.1, 0.15) is 17.5 Å². The van der Waals surface area contributed by atoms with Crippen LogP contribution in [0.4, 0.5) is 8.78 Å². The van der Waals surface area contributed by atoms with Crippen molar-refractivity contribution in [3.05, 3.63) is 70.8 Å². The first kappa shape index (κ1) is 26.0. The number of aromatic nitrogens is 6. The minimum absolute atomic E-state index is 0.00577. The van der Waals surface area contributed by atoms with Gasteiger partial charge in [-0.25, -0.2) is 27.2 Å². The molecule has 0 saturated heterocycles. The van der Waals surface area contributed by atoms with E-state index in [2.05, 4.69) is 30.4 Å². The summed E-state index contributed by atoms with van der Waals surface area (Å²) in [6.45, 7) is 7.81. The van der Waals surface area contributed by atoms with Gasteiger partial charge in [-0.2, -0.15) is 10.2 Å². The van der Waals surface area contributed by atoms with Gasteiger partial charge in [0.2, 0.25) is 0 Å². The van der Waals surface area contributed by atoms with E-state index < -0.39 is 26.9 Å². The number of nitrogens with zero attached hydrogens (tertiary/aromatic N) is 5. The van der Waals surface area contributed by atoms with Gasteiger partial charge in [-0.15, -0.1) is 5.10 Å². The van der Waals surface area contributed by atoms with E-state index in [9.17, 15) is 8.42 Å². The van der Waals surface area contributed by atoms with Crippen LogP contribution in [-0.4, -0.2) is 45.0 Å².